The molecule has 15 heavy (non-hydrogen) atoms. The number of carbonyl (C=O) groups excluding carboxylic acids is 1. The quantitative estimate of drug-likeness (QED) is 0.774. The maximum atomic E-state index is 12.2. The Morgan fingerprint density at radius 3 is 2.80 bits per heavy atom. The molecule has 2 aliphatic rings. The van der Waals surface area contributed by atoms with Gasteiger partial charge in [0.25, 0.3) is 0 Å². The van der Waals surface area contributed by atoms with Crippen molar-refractivity contribution in [1.29, 1.82) is 0 Å². The zero-order chi connectivity index (χ0) is 10.7. The van der Waals surface area contributed by atoms with E-state index in [1.807, 2.05) is 0 Å². The lowest BCUT2D eigenvalue weighted by Crippen LogP contribution is -2.37. The molecule has 2 rings (SSSR count). The number of Topliss-reactive ketones (excluding diaryl/α,β-unsaturated/α-hetero) is 1. The van der Waals surface area contributed by atoms with Crippen molar-refractivity contribution in [2.24, 2.45) is 11.8 Å². The van der Waals surface area contributed by atoms with E-state index in [0.29, 0.717) is 11.7 Å². The van der Waals surface area contributed by atoms with Crippen LogP contribution >= 0.6 is 0 Å². The fraction of sp³-hybridized carbons (Fsp3) is 0.923. The SMILES string of the molecule is CCC1CCCC(C(=O)C2CCCN2)C1. The Balaban J connectivity index is 1.88. The molecular weight excluding hydrogens is 186 g/mol. The van der Waals surface area contributed by atoms with E-state index in [-0.39, 0.29) is 6.04 Å². The molecule has 1 heterocycles. The lowest BCUT2D eigenvalue weighted by atomic mass is 9.77. The van der Waals surface area contributed by atoms with E-state index in [4.69, 9.17) is 0 Å². The lowest BCUT2D eigenvalue weighted by Gasteiger charge is -2.29. The van der Waals surface area contributed by atoms with E-state index in [1.165, 1.54) is 25.7 Å². The van der Waals surface area contributed by atoms with E-state index >= 15 is 0 Å². The summed E-state index contributed by atoms with van der Waals surface area (Å²) in [6.45, 7) is 3.30. The van der Waals surface area contributed by atoms with Crippen LogP contribution in [0.2, 0.25) is 0 Å². The van der Waals surface area contributed by atoms with E-state index in [0.717, 1.165) is 31.7 Å². The maximum Gasteiger partial charge on any atom is 0.152 e. The van der Waals surface area contributed by atoms with Crippen molar-refractivity contribution in [2.75, 3.05) is 6.54 Å². The second-order valence-electron chi connectivity index (χ2n) is 5.19. The van der Waals surface area contributed by atoms with Gasteiger partial charge in [-0.2, -0.15) is 0 Å². The van der Waals surface area contributed by atoms with Crippen LogP contribution < -0.4 is 5.32 Å². The van der Waals surface area contributed by atoms with Crippen LogP contribution in [0, 0.1) is 11.8 Å². The van der Waals surface area contributed by atoms with Gasteiger partial charge in [0.1, 0.15) is 0 Å². The molecule has 0 aromatic carbocycles. The second-order valence-corrected chi connectivity index (χ2v) is 5.19. The third-order valence-corrected chi connectivity index (χ3v) is 4.17. The number of hydrogen-bond acceptors (Lipinski definition) is 2. The fourth-order valence-electron chi connectivity index (χ4n) is 3.13. The highest BCUT2D eigenvalue weighted by molar-refractivity contribution is 5.86. The second kappa shape index (κ2) is 5.11. The summed E-state index contributed by atoms with van der Waals surface area (Å²) in [6, 6.07) is 0.200. The number of hydrogen-bond donors (Lipinski definition) is 1. The molecule has 2 heteroatoms. The third kappa shape index (κ3) is 2.60. The van der Waals surface area contributed by atoms with Gasteiger partial charge >= 0.3 is 0 Å². The van der Waals surface area contributed by atoms with E-state index in [1.54, 1.807) is 0 Å². The van der Waals surface area contributed by atoms with Gasteiger partial charge in [-0.25, -0.2) is 0 Å². The molecule has 1 saturated carbocycles. The number of carbonyl (C=O) groups is 1. The van der Waals surface area contributed by atoms with Crippen molar-refractivity contribution in [3.8, 4) is 0 Å². The first kappa shape index (κ1) is 11.1. The Hall–Kier alpha value is -0.370. The first-order valence-corrected chi connectivity index (χ1v) is 6.58. The Morgan fingerprint density at radius 2 is 2.13 bits per heavy atom. The molecule has 2 fully saturated rings. The largest absolute Gasteiger partial charge is 0.307 e. The molecule has 3 unspecified atom stereocenters. The van der Waals surface area contributed by atoms with Gasteiger partial charge in [-0.05, 0) is 38.1 Å². The molecule has 1 N–H and O–H groups in total. The molecule has 0 bridgehead atoms. The number of ketones is 1. The summed E-state index contributed by atoms with van der Waals surface area (Å²) < 4.78 is 0. The predicted octanol–water partition coefficient (Wildman–Crippen LogP) is 2.52. The van der Waals surface area contributed by atoms with Crippen molar-refractivity contribution in [3.05, 3.63) is 0 Å². The number of nitrogens with one attached hydrogen (secondary N) is 1. The van der Waals surface area contributed by atoms with Crippen LogP contribution in [0.3, 0.4) is 0 Å². The molecular formula is C13H23NO. The molecule has 86 valence electrons. The minimum atomic E-state index is 0.200. The van der Waals surface area contributed by atoms with Gasteiger partial charge in [0.15, 0.2) is 5.78 Å². The molecule has 1 aliphatic heterocycles. The average molecular weight is 209 g/mol. The minimum Gasteiger partial charge on any atom is -0.307 e. The van der Waals surface area contributed by atoms with E-state index < -0.39 is 0 Å². The summed E-state index contributed by atoms with van der Waals surface area (Å²) in [5.74, 6) is 1.71. The van der Waals surface area contributed by atoms with Gasteiger partial charge in [0.2, 0.25) is 0 Å². The molecule has 0 spiro atoms. The summed E-state index contributed by atoms with van der Waals surface area (Å²) in [5, 5.41) is 3.34. The maximum absolute atomic E-state index is 12.2. The summed E-state index contributed by atoms with van der Waals surface area (Å²) in [5.41, 5.74) is 0. The fourth-order valence-corrected chi connectivity index (χ4v) is 3.13. The summed E-state index contributed by atoms with van der Waals surface area (Å²) in [4.78, 5) is 12.2. The average Bonchev–Trinajstić information content (AvgIpc) is 2.81. The summed E-state index contributed by atoms with van der Waals surface area (Å²) in [7, 11) is 0. The van der Waals surface area contributed by atoms with Crippen LogP contribution in [0.15, 0.2) is 0 Å². The molecule has 0 aromatic heterocycles. The van der Waals surface area contributed by atoms with Gasteiger partial charge in [0, 0.05) is 5.92 Å². The molecule has 0 radical (unpaired) electrons. The van der Waals surface area contributed by atoms with Crippen molar-refractivity contribution < 1.29 is 4.79 Å². The molecule has 0 amide bonds. The number of rotatable bonds is 3. The predicted molar refractivity (Wildman–Crippen MR) is 61.8 cm³/mol. The highest BCUT2D eigenvalue weighted by Crippen LogP contribution is 2.32. The zero-order valence-electron chi connectivity index (χ0n) is 9.80. The molecule has 3 atom stereocenters. The first-order chi connectivity index (χ1) is 7.31. The first-order valence-electron chi connectivity index (χ1n) is 6.58. The van der Waals surface area contributed by atoms with Crippen LogP contribution in [0.1, 0.15) is 51.9 Å². The smallest absolute Gasteiger partial charge is 0.152 e. The van der Waals surface area contributed by atoms with Crippen molar-refractivity contribution in [3.63, 3.8) is 0 Å². The van der Waals surface area contributed by atoms with Crippen molar-refractivity contribution in [1.82, 2.24) is 5.32 Å². The van der Waals surface area contributed by atoms with Gasteiger partial charge in [0.05, 0.1) is 6.04 Å². The van der Waals surface area contributed by atoms with Crippen LogP contribution in [-0.2, 0) is 4.79 Å². The molecule has 2 nitrogen and oxygen atoms in total. The summed E-state index contributed by atoms with van der Waals surface area (Å²) in [6.07, 6.45) is 8.43. The zero-order valence-corrected chi connectivity index (χ0v) is 9.80. The normalized spacial score (nSPS) is 36.7. The van der Waals surface area contributed by atoms with Crippen molar-refractivity contribution >= 4 is 5.78 Å². The monoisotopic (exact) mass is 209 g/mol. The Bertz CT molecular complexity index is 221. The van der Waals surface area contributed by atoms with Gasteiger partial charge in [-0.1, -0.05) is 26.2 Å². The topological polar surface area (TPSA) is 29.1 Å². The van der Waals surface area contributed by atoms with Crippen LogP contribution in [0.5, 0.6) is 0 Å². The van der Waals surface area contributed by atoms with Crippen LogP contribution in [-0.4, -0.2) is 18.4 Å². The van der Waals surface area contributed by atoms with Crippen molar-refractivity contribution in [2.45, 2.75) is 57.9 Å². The summed E-state index contributed by atoms with van der Waals surface area (Å²) >= 11 is 0. The van der Waals surface area contributed by atoms with E-state index in [9.17, 15) is 4.79 Å². The lowest BCUT2D eigenvalue weighted by molar-refractivity contribution is -0.126. The molecule has 1 aliphatic carbocycles. The highest BCUT2D eigenvalue weighted by atomic mass is 16.1. The van der Waals surface area contributed by atoms with Crippen LogP contribution in [0.25, 0.3) is 0 Å². The standard InChI is InChI=1S/C13H23NO/c1-2-10-5-3-6-11(9-10)13(15)12-7-4-8-14-12/h10-12,14H,2-9H2,1H3. The van der Waals surface area contributed by atoms with Crippen LogP contribution in [0.4, 0.5) is 0 Å². The Morgan fingerprint density at radius 1 is 1.27 bits per heavy atom. The minimum absolute atomic E-state index is 0.200. The highest BCUT2D eigenvalue weighted by Gasteiger charge is 2.32. The Labute approximate surface area is 92.8 Å². The van der Waals surface area contributed by atoms with Gasteiger partial charge in [-0.3, -0.25) is 4.79 Å². The third-order valence-electron chi connectivity index (χ3n) is 4.17. The van der Waals surface area contributed by atoms with Gasteiger partial charge in [-0.15, -0.1) is 0 Å². The molecule has 0 aromatic rings. The Kier molecular flexibility index (Phi) is 3.79. The van der Waals surface area contributed by atoms with Gasteiger partial charge < -0.3 is 5.32 Å². The molecule has 1 saturated heterocycles. The van der Waals surface area contributed by atoms with E-state index in [2.05, 4.69) is 12.2 Å².